The highest BCUT2D eigenvalue weighted by molar-refractivity contribution is 7.15. The predicted octanol–water partition coefficient (Wildman–Crippen LogP) is 2.99. The van der Waals surface area contributed by atoms with E-state index in [4.69, 9.17) is 9.47 Å². The molecule has 1 saturated heterocycles. The Hall–Kier alpha value is -2.26. The maximum Gasteiger partial charge on any atom is 0.230 e. The summed E-state index contributed by atoms with van der Waals surface area (Å²) in [7, 11) is 1.58. The Bertz CT molecular complexity index is 829. The number of pyridine rings is 1. The number of thiazole rings is 1. The van der Waals surface area contributed by atoms with Crippen molar-refractivity contribution in [1.82, 2.24) is 14.9 Å². The molecule has 2 aromatic rings. The number of aromatic nitrogens is 2. The molecule has 0 aliphatic carbocycles. The summed E-state index contributed by atoms with van der Waals surface area (Å²) in [5.41, 5.74) is 0.960. The fourth-order valence-electron chi connectivity index (χ4n) is 3.10. The van der Waals surface area contributed by atoms with Crippen molar-refractivity contribution >= 4 is 22.4 Å². The number of ether oxygens (including phenoxy) is 2. The first kappa shape index (κ1) is 19.5. The van der Waals surface area contributed by atoms with Crippen molar-refractivity contribution in [1.29, 1.82) is 0 Å². The van der Waals surface area contributed by atoms with Crippen molar-refractivity contribution in [2.75, 3.05) is 19.0 Å². The molecule has 0 spiro atoms. The summed E-state index contributed by atoms with van der Waals surface area (Å²) in [6.45, 7) is 6.53. The van der Waals surface area contributed by atoms with Crippen LogP contribution in [-0.4, -0.2) is 46.6 Å². The number of rotatable bonds is 6. The molecule has 2 aromatic heterocycles. The number of hydrogen-bond donors (Lipinski definition) is 1. The van der Waals surface area contributed by atoms with Crippen molar-refractivity contribution < 1.29 is 18.7 Å². The van der Waals surface area contributed by atoms with Gasteiger partial charge in [-0.05, 0) is 19.4 Å². The van der Waals surface area contributed by atoms with Gasteiger partial charge in [-0.15, -0.1) is 0 Å². The van der Waals surface area contributed by atoms with Gasteiger partial charge >= 0.3 is 0 Å². The maximum absolute atomic E-state index is 14.1. The largest absolute Gasteiger partial charge is 0.487 e. The lowest BCUT2D eigenvalue weighted by Crippen LogP contribution is -2.28. The molecule has 2 unspecified atom stereocenters. The standard InChI is InChI=1S/C18H23FN4O3S/c1-10-5-16(25-4)20-7-14(10)26-13-6-11(2)23(8-13)9-15-17(19)22-18(27-15)21-12(3)24/h5,7,11,13H,6,8-9H2,1-4H3,(H,21,22,24). The van der Waals surface area contributed by atoms with Gasteiger partial charge in [-0.3, -0.25) is 9.69 Å². The molecule has 7 nitrogen and oxygen atoms in total. The molecule has 27 heavy (non-hydrogen) atoms. The van der Waals surface area contributed by atoms with E-state index >= 15 is 0 Å². The highest BCUT2D eigenvalue weighted by Crippen LogP contribution is 2.30. The first-order valence-electron chi connectivity index (χ1n) is 8.69. The summed E-state index contributed by atoms with van der Waals surface area (Å²) >= 11 is 1.16. The van der Waals surface area contributed by atoms with Crippen molar-refractivity contribution in [2.45, 2.75) is 45.9 Å². The van der Waals surface area contributed by atoms with Crippen LogP contribution in [0.2, 0.25) is 0 Å². The Morgan fingerprint density at radius 2 is 2.30 bits per heavy atom. The Morgan fingerprint density at radius 3 is 2.96 bits per heavy atom. The monoisotopic (exact) mass is 394 g/mol. The van der Waals surface area contributed by atoms with E-state index in [-0.39, 0.29) is 23.2 Å². The molecule has 146 valence electrons. The number of carbonyl (C=O) groups is 1. The molecular weight excluding hydrogens is 371 g/mol. The van der Waals surface area contributed by atoms with Gasteiger partial charge in [-0.2, -0.15) is 9.37 Å². The van der Waals surface area contributed by atoms with E-state index in [1.807, 2.05) is 13.0 Å². The maximum atomic E-state index is 14.1. The zero-order valence-corrected chi connectivity index (χ0v) is 16.6. The molecule has 1 N–H and O–H groups in total. The molecule has 0 saturated carbocycles. The van der Waals surface area contributed by atoms with Crippen LogP contribution in [0.1, 0.15) is 30.7 Å². The first-order chi connectivity index (χ1) is 12.9. The van der Waals surface area contributed by atoms with E-state index in [2.05, 4.69) is 27.1 Å². The van der Waals surface area contributed by atoms with Crippen LogP contribution in [0.3, 0.4) is 0 Å². The van der Waals surface area contributed by atoms with Crippen LogP contribution < -0.4 is 14.8 Å². The summed E-state index contributed by atoms with van der Waals surface area (Å²) in [4.78, 5) is 21.7. The molecule has 0 bridgehead atoms. The number of halogens is 1. The van der Waals surface area contributed by atoms with Gasteiger partial charge in [-0.1, -0.05) is 11.3 Å². The van der Waals surface area contributed by atoms with Crippen molar-refractivity contribution in [2.24, 2.45) is 0 Å². The molecule has 3 rings (SSSR count). The lowest BCUT2D eigenvalue weighted by molar-refractivity contribution is -0.114. The Labute approximate surface area is 161 Å². The van der Waals surface area contributed by atoms with Crippen LogP contribution in [0.4, 0.5) is 9.52 Å². The normalized spacial score (nSPS) is 19.9. The van der Waals surface area contributed by atoms with Gasteiger partial charge in [0, 0.05) is 38.5 Å². The van der Waals surface area contributed by atoms with E-state index in [1.54, 1.807) is 13.3 Å². The smallest absolute Gasteiger partial charge is 0.230 e. The third kappa shape index (κ3) is 4.72. The fraction of sp³-hybridized carbons (Fsp3) is 0.500. The molecule has 0 radical (unpaired) electrons. The van der Waals surface area contributed by atoms with Gasteiger partial charge in [0.15, 0.2) is 5.13 Å². The number of likely N-dealkylation sites (tertiary alicyclic amines) is 1. The number of methoxy groups -OCH3 is 1. The molecule has 0 aromatic carbocycles. The molecule has 1 amide bonds. The zero-order valence-electron chi connectivity index (χ0n) is 15.8. The number of amides is 1. The average Bonchev–Trinajstić information content (AvgIpc) is 3.11. The number of nitrogens with zero attached hydrogens (tertiary/aromatic N) is 3. The van der Waals surface area contributed by atoms with Gasteiger partial charge in [-0.25, -0.2) is 4.98 Å². The van der Waals surface area contributed by atoms with Crippen LogP contribution in [0, 0.1) is 12.9 Å². The van der Waals surface area contributed by atoms with Crippen molar-refractivity contribution in [3.63, 3.8) is 0 Å². The van der Waals surface area contributed by atoms with Crippen LogP contribution in [-0.2, 0) is 11.3 Å². The Kier molecular flexibility index (Phi) is 5.91. The quantitative estimate of drug-likeness (QED) is 0.812. The minimum Gasteiger partial charge on any atom is -0.487 e. The number of aryl methyl sites for hydroxylation is 1. The number of carbonyl (C=O) groups excluding carboxylic acids is 1. The van der Waals surface area contributed by atoms with Crippen LogP contribution in [0.5, 0.6) is 11.6 Å². The molecule has 1 fully saturated rings. The summed E-state index contributed by atoms with van der Waals surface area (Å²) in [6.07, 6.45) is 2.51. The number of nitrogens with one attached hydrogen (secondary N) is 1. The van der Waals surface area contributed by atoms with Gasteiger partial charge in [0.25, 0.3) is 0 Å². The predicted molar refractivity (Wildman–Crippen MR) is 101 cm³/mol. The van der Waals surface area contributed by atoms with Crippen LogP contribution in [0.25, 0.3) is 0 Å². The van der Waals surface area contributed by atoms with E-state index in [1.165, 1.54) is 6.92 Å². The van der Waals surface area contributed by atoms with Gasteiger partial charge in [0.05, 0.1) is 18.2 Å². The molecule has 1 aliphatic rings. The van der Waals surface area contributed by atoms with Gasteiger partial charge < -0.3 is 14.8 Å². The Morgan fingerprint density at radius 1 is 1.52 bits per heavy atom. The van der Waals surface area contributed by atoms with Crippen LogP contribution >= 0.6 is 11.3 Å². The second-order valence-corrected chi connectivity index (χ2v) is 7.74. The molecular formula is C18H23FN4O3S. The summed E-state index contributed by atoms with van der Waals surface area (Å²) in [5, 5.41) is 2.81. The van der Waals surface area contributed by atoms with Crippen molar-refractivity contribution in [3.05, 3.63) is 28.7 Å². The summed E-state index contributed by atoms with van der Waals surface area (Å²) < 4.78 is 25.3. The highest BCUT2D eigenvalue weighted by Gasteiger charge is 2.32. The third-order valence-electron chi connectivity index (χ3n) is 4.49. The Balaban J connectivity index is 1.63. The van der Waals surface area contributed by atoms with E-state index in [0.29, 0.717) is 23.8 Å². The second kappa shape index (κ2) is 8.18. The molecule has 1 aliphatic heterocycles. The van der Waals surface area contributed by atoms with E-state index in [0.717, 1.165) is 29.1 Å². The van der Waals surface area contributed by atoms with Gasteiger partial charge in [0.2, 0.25) is 17.7 Å². The number of hydrogen-bond acceptors (Lipinski definition) is 7. The van der Waals surface area contributed by atoms with Gasteiger partial charge in [0.1, 0.15) is 11.9 Å². The molecule has 9 heteroatoms. The topological polar surface area (TPSA) is 76.6 Å². The van der Waals surface area contributed by atoms with Crippen molar-refractivity contribution in [3.8, 4) is 11.6 Å². The summed E-state index contributed by atoms with van der Waals surface area (Å²) in [5.74, 6) is 0.487. The van der Waals surface area contributed by atoms with E-state index < -0.39 is 5.95 Å². The summed E-state index contributed by atoms with van der Waals surface area (Å²) in [6, 6.07) is 2.08. The van der Waals surface area contributed by atoms with E-state index in [9.17, 15) is 9.18 Å². The highest BCUT2D eigenvalue weighted by atomic mass is 32.1. The zero-order chi connectivity index (χ0) is 19.6. The molecule has 2 atom stereocenters. The lowest BCUT2D eigenvalue weighted by Gasteiger charge is -2.19. The second-order valence-electron chi connectivity index (χ2n) is 6.66. The lowest BCUT2D eigenvalue weighted by atomic mass is 10.2. The average molecular weight is 394 g/mol. The van der Waals surface area contributed by atoms with Crippen LogP contribution in [0.15, 0.2) is 12.3 Å². The molecule has 3 heterocycles. The minimum absolute atomic E-state index is 0.000285. The SMILES string of the molecule is COc1cc(C)c(OC2CC(C)N(Cc3sc(NC(C)=O)nc3F)C2)cn1. The fourth-order valence-corrected chi connectivity index (χ4v) is 4.02. The first-order valence-corrected chi connectivity index (χ1v) is 9.51. The minimum atomic E-state index is -0.532. The third-order valence-corrected chi connectivity index (χ3v) is 5.42. The number of anilines is 1.